The maximum atomic E-state index is 12.5. The number of fused-ring (bicyclic) bond motifs is 1. The Bertz CT molecular complexity index is 1210. The molecule has 2 aliphatic heterocycles. The fraction of sp³-hybridized carbons (Fsp3) is 0.261. The van der Waals surface area contributed by atoms with E-state index in [4.69, 9.17) is 0 Å². The predicted molar refractivity (Wildman–Crippen MR) is 128 cm³/mol. The third kappa shape index (κ3) is 4.75. The number of aliphatic imine (C=N–C) groups is 1. The second kappa shape index (κ2) is 9.07. The quantitative estimate of drug-likeness (QED) is 0.536. The maximum absolute atomic E-state index is 12.5. The molecule has 1 fully saturated rings. The summed E-state index contributed by atoms with van der Waals surface area (Å²) in [4.78, 5) is 50.8. The van der Waals surface area contributed by atoms with Crippen LogP contribution in [0.1, 0.15) is 29.6 Å². The first-order chi connectivity index (χ1) is 16.0. The SMILES string of the molecule is O=C(C[C@@H]1SC(N2CCCC2)=NC1=O)Nc1ccc(C(=O)Nc2nc3ccccc3[nH]2)cc1. The van der Waals surface area contributed by atoms with Gasteiger partial charge < -0.3 is 15.2 Å². The Hall–Kier alpha value is -3.66. The number of amides is 3. The van der Waals surface area contributed by atoms with Crippen molar-refractivity contribution in [2.75, 3.05) is 23.7 Å². The third-order valence-corrected chi connectivity index (χ3v) is 6.74. The highest BCUT2D eigenvalue weighted by Crippen LogP contribution is 2.29. The van der Waals surface area contributed by atoms with Gasteiger partial charge >= 0.3 is 0 Å². The molecule has 0 radical (unpaired) electrons. The van der Waals surface area contributed by atoms with Crippen LogP contribution in [0.3, 0.4) is 0 Å². The Labute approximate surface area is 194 Å². The zero-order valence-electron chi connectivity index (χ0n) is 17.7. The fourth-order valence-corrected chi connectivity index (χ4v) is 4.95. The molecule has 168 valence electrons. The molecule has 1 saturated heterocycles. The van der Waals surface area contributed by atoms with Gasteiger partial charge in [0.15, 0.2) is 5.17 Å². The van der Waals surface area contributed by atoms with E-state index in [1.54, 1.807) is 24.3 Å². The minimum atomic E-state index is -0.491. The number of carbonyl (C=O) groups excluding carboxylic acids is 3. The lowest BCUT2D eigenvalue weighted by Gasteiger charge is -2.16. The molecule has 3 aromatic rings. The number of para-hydroxylation sites is 2. The maximum Gasteiger partial charge on any atom is 0.262 e. The van der Waals surface area contributed by atoms with E-state index in [1.807, 2.05) is 24.3 Å². The molecular formula is C23H22N6O3S. The molecule has 1 aromatic heterocycles. The number of hydrogen-bond donors (Lipinski definition) is 3. The van der Waals surface area contributed by atoms with Gasteiger partial charge in [-0.25, -0.2) is 4.98 Å². The van der Waals surface area contributed by atoms with Gasteiger partial charge in [0.1, 0.15) is 5.25 Å². The average molecular weight is 463 g/mol. The molecule has 2 aliphatic rings. The van der Waals surface area contributed by atoms with E-state index in [1.165, 1.54) is 11.8 Å². The molecule has 33 heavy (non-hydrogen) atoms. The van der Waals surface area contributed by atoms with Crippen LogP contribution in [-0.4, -0.2) is 56.1 Å². The van der Waals surface area contributed by atoms with Crippen LogP contribution in [0.5, 0.6) is 0 Å². The van der Waals surface area contributed by atoms with Crippen molar-refractivity contribution in [3.63, 3.8) is 0 Å². The van der Waals surface area contributed by atoms with Crippen molar-refractivity contribution in [2.45, 2.75) is 24.5 Å². The van der Waals surface area contributed by atoms with Crippen LogP contribution >= 0.6 is 11.8 Å². The second-order valence-corrected chi connectivity index (χ2v) is 9.09. The van der Waals surface area contributed by atoms with Crippen LogP contribution in [0.25, 0.3) is 11.0 Å². The fourth-order valence-electron chi connectivity index (χ4n) is 3.83. The van der Waals surface area contributed by atoms with Crippen LogP contribution in [0.15, 0.2) is 53.5 Å². The summed E-state index contributed by atoms with van der Waals surface area (Å²) >= 11 is 1.37. The standard InChI is InChI=1S/C23H22N6O3S/c30-19(13-18-21(32)28-23(33-18)29-11-3-4-12-29)24-15-9-7-14(8-10-15)20(31)27-22-25-16-5-1-2-6-17(16)26-22/h1-2,5-10,18H,3-4,11-13H2,(H,24,30)(H2,25,26,27,31)/t18-/m0/s1. The minimum absolute atomic E-state index is 0.0542. The van der Waals surface area contributed by atoms with Crippen LogP contribution in [0.2, 0.25) is 0 Å². The van der Waals surface area contributed by atoms with Crippen molar-refractivity contribution in [1.29, 1.82) is 0 Å². The van der Waals surface area contributed by atoms with Gasteiger partial charge in [-0.05, 0) is 49.2 Å². The molecule has 3 N–H and O–H groups in total. The van der Waals surface area contributed by atoms with Crippen LogP contribution in [0, 0.1) is 0 Å². The zero-order chi connectivity index (χ0) is 22.8. The second-order valence-electron chi connectivity index (χ2n) is 7.92. The summed E-state index contributed by atoms with van der Waals surface area (Å²) < 4.78 is 0. The number of rotatable bonds is 5. The topological polar surface area (TPSA) is 120 Å². The lowest BCUT2D eigenvalue weighted by atomic mass is 10.2. The molecule has 5 rings (SSSR count). The van der Waals surface area contributed by atoms with E-state index in [2.05, 4.69) is 30.5 Å². The van der Waals surface area contributed by atoms with Crippen LogP contribution in [0.4, 0.5) is 11.6 Å². The number of aromatic nitrogens is 2. The molecule has 3 amide bonds. The van der Waals surface area contributed by atoms with E-state index in [0.29, 0.717) is 17.2 Å². The molecular weight excluding hydrogens is 440 g/mol. The Morgan fingerprint density at radius 3 is 2.58 bits per heavy atom. The van der Waals surface area contributed by atoms with Gasteiger partial charge in [-0.3, -0.25) is 19.7 Å². The highest BCUT2D eigenvalue weighted by Gasteiger charge is 2.33. The first kappa shape index (κ1) is 21.2. The van der Waals surface area contributed by atoms with Crippen molar-refractivity contribution >= 4 is 57.3 Å². The van der Waals surface area contributed by atoms with E-state index < -0.39 is 5.25 Å². The van der Waals surface area contributed by atoms with Crippen molar-refractivity contribution in [2.24, 2.45) is 4.99 Å². The normalized spacial score (nSPS) is 17.9. The smallest absolute Gasteiger partial charge is 0.262 e. The summed E-state index contributed by atoms with van der Waals surface area (Å²) in [6, 6.07) is 14.1. The molecule has 0 unspecified atom stereocenters. The number of hydrogen-bond acceptors (Lipinski definition) is 6. The molecule has 3 heterocycles. The van der Waals surface area contributed by atoms with E-state index in [-0.39, 0.29) is 24.1 Å². The summed E-state index contributed by atoms with van der Waals surface area (Å²) in [6.07, 6.45) is 2.26. The zero-order valence-corrected chi connectivity index (χ0v) is 18.5. The number of likely N-dealkylation sites (tertiary alicyclic amines) is 1. The first-order valence-corrected chi connectivity index (χ1v) is 11.6. The number of anilines is 2. The number of imidazole rings is 1. The average Bonchev–Trinajstić information content (AvgIpc) is 3.54. The number of benzene rings is 2. The molecule has 0 spiro atoms. The third-order valence-electron chi connectivity index (χ3n) is 5.53. The summed E-state index contributed by atoms with van der Waals surface area (Å²) in [5.74, 6) is -0.466. The van der Waals surface area contributed by atoms with Gasteiger partial charge in [-0.15, -0.1) is 0 Å². The van der Waals surface area contributed by atoms with Gasteiger partial charge in [-0.2, -0.15) is 4.99 Å². The lowest BCUT2D eigenvalue weighted by Crippen LogP contribution is -2.25. The number of amidine groups is 1. The van der Waals surface area contributed by atoms with Gasteiger partial charge in [-0.1, -0.05) is 23.9 Å². The summed E-state index contributed by atoms with van der Waals surface area (Å²) in [5, 5.41) is 5.77. The van der Waals surface area contributed by atoms with Crippen molar-refractivity contribution < 1.29 is 14.4 Å². The largest absolute Gasteiger partial charge is 0.351 e. The number of thioether (sulfide) groups is 1. The Morgan fingerprint density at radius 2 is 1.82 bits per heavy atom. The summed E-state index contributed by atoms with van der Waals surface area (Å²) in [7, 11) is 0. The molecule has 0 bridgehead atoms. The van der Waals surface area contributed by atoms with E-state index in [0.717, 1.165) is 42.1 Å². The number of H-pyrrole nitrogens is 1. The van der Waals surface area contributed by atoms with Crippen molar-refractivity contribution in [1.82, 2.24) is 14.9 Å². The highest BCUT2D eigenvalue weighted by atomic mass is 32.2. The van der Waals surface area contributed by atoms with Crippen molar-refractivity contribution in [3.8, 4) is 0 Å². The van der Waals surface area contributed by atoms with Crippen molar-refractivity contribution in [3.05, 3.63) is 54.1 Å². The van der Waals surface area contributed by atoms with Crippen LogP contribution < -0.4 is 10.6 Å². The summed E-state index contributed by atoms with van der Waals surface area (Å²) in [5.41, 5.74) is 2.58. The van der Waals surface area contributed by atoms with Gasteiger partial charge in [0.05, 0.1) is 11.0 Å². The van der Waals surface area contributed by atoms with Gasteiger partial charge in [0, 0.05) is 30.8 Å². The molecule has 0 aliphatic carbocycles. The first-order valence-electron chi connectivity index (χ1n) is 10.8. The lowest BCUT2D eigenvalue weighted by molar-refractivity contribution is -0.121. The minimum Gasteiger partial charge on any atom is -0.351 e. The molecule has 0 saturated carbocycles. The van der Waals surface area contributed by atoms with E-state index >= 15 is 0 Å². The predicted octanol–water partition coefficient (Wildman–Crippen LogP) is 3.24. The molecule has 1 atom stereocenters. The molecule has 10 heteroatoms. The number of aromatic amines is 1. The molecule has 2 aromatic carbocycles. The van der Waals surface area contributed by atoms with E-state index in [9.17, 15) is 14.4 Å². The number of nitrogens with zero attached hydrogens (tertiary/aromatic N) is 3. The number of nitrogens with one attached hydrogen (secondary N) is 3. The number of carbonyl (C=O) groups is 3. The Balaban J connectivity index is 1.14. The van der Waals surface area contributed by atoms with Crippen LogP contribution in [-0.2, 0) is 9.59 Å². The monoisotopic (exact) mass is 462 g/mol. The Kier molecular flexibility index (Phi) is 5.82. The highest BCUT2D eigenvalue weighted by molar-refractivity contribution is 8.15. The molecule has 9 nitrogen and oxygen atoms in total. The van der Waals surface area contributed by atoms with Gasteiger partial charge in [0.25, 0.3) is 11.8 Å². The summed E-state index contributed by atoms with van der Waals surface area (Å²) in [6.45, 7) is 1.82. The van der Waals surface area contributed by atoms with Gasteiger partial charge in [0.2, 0.25) is 11.9 Å². The Morgan fingerprint density at radius 1 is 1.06 bits per heavy atom.